The van der Waals surface area contributed by atoms with Gasteiger partial charge in [-0.3, -0.25) is 4.79 Å². The molecule has 0 unspecified atom stereocenters. The molecule has 11 heteroatoms. The zero-order valence-electron chi connectivity index (χ0n) is 16.8. The Labute approximate surface area is 191 Å². The van der Waals surface area contributed by atoms with Crippen molar-refractivity contribution in [3.8, 4) is 10.8 Å². The molecule has 1 aliphatic carbocycles. The molecular formula is C21H19ClF3N5OS. The number of hydrogen-bond acceptors (Lipinski definition) is 6. The first kappa shape index (κ1) is 22.6. The molecule has 0 spiro atoms. The first-order valence-corrected chi connectivity index (χ1v) is 11.2. The summed E-state index contributed by atoms with van der Waals surface area (Å²) in [5.41, 5.74) is -0.714. The van der Waals surface area contributed by atoms with Crippen molar-refractivity contribution in [2.24, 2.45) is 0 Å². The van der Waals surface area contributed by atoms with Crippen LogP contribution in [0.15, 0.2) is 36.8 Å². The van der Waals surface area contributed by atoms with Gasteiger partial charge in [-0.1, -0.05) is 36.9 Å². The molecule has 168 valence electrons. The molecule has 0 atom stereocenters. The molecule has 1 amide bonds. The monoisotopic (exact) mass is 481 g/mol. The highest BCUT2D eigenvalue weighted by Gasteiger charge is 2.41. The molecule has 0 aliphatic heterocycles. The van der Waals surface area contributed by atoms with E-state index in [2.05, 4.69) is 25.3 Å². The lowest BCUT2D eigenvalue weighted by Gasteiger charge is -2.37. The van der Waals surface area contributed by atoms with Crippen molar-refractivity contribution < 1.29 is 18.0 Å². The van der Waals surface area contributed by atoms with E-state index in [0.717, 1.165) is 37.7 Å². The number of nitrogens with one attached hydrogen (secondary N) is 1. The summed E-state index contributed by atoms with van der Waals surface area (Å²) in [7, 11) is 0. The van der Waals surface area contributed by atoms with Crippen LogP contribution in [0.3, 0.4) is 0 Å². The Morgan fingerprint density at radius 1 is 1.12 bits per heavy atom. The third-order valence-electron chi connectivity index (χ3n) is 5.60. The summed E-state index contributed by atoms with van der Waals surface area (Å²) in [5, 5.41) is 3.03. The van der Waals surface area contributed by atoms with Crippen LogP contribution in [0.1, 0.15) is 53.0 Å². The molecule has 0 aromatic carbocycles. The summed E-state index contributed by atoms with van der Waals surface area (Å²) >= 11 is 6.55. The molecule has 1 fully saturated rings. The summed E-state index contributed by atoms with van der Waals surface area (Å²) in [6, 6.07) is 5.10. The van der Waals surface area contributed by atoms with Gasteiger partial charge >= 0.3 is 6.18 Å². The topological polar surface area (TPSA) is 80.7 Å². The van der Waals surface area contributed by atoms with Crippen molar-refractivity contribution in [2.75, 3.05) is 6.54 Å². The molecule has 6 nitrogen and oxygen atoms in total. The van der Waals surface area contributed by atoms with Gasteiger partial charge in [0, 0.05) is 30.6 Å². The molecule has 1 N–H and O–H groups in total. The largest absolute Gasteiger partial charge is 0.435 e. The highest BCUT2D eigenvalue weighted by Crippen LogP contribution is 2.40. The standard InChI is InChI=1S/C21H19ClF3N5OS/c22-14-6-5-13(11-28-14)20(7-2-1-3-8-20)12-29-18(31)15-16(21(23,24)25)30-19(32-15)17-26-9-4-10-27-17/h4-6,9-11H,1-3,7-8,12H2,(H,29,31). The number of alkyl halides is 3. The minimum absolute atomic E-state index is 0.0399. The average Bonchev–Trinajstić information content (AvgIpc) is 3.26. The highest BCUT2D eigenvalue weighted by atomic mass is 35.5. The Morgan fingerprint density at radius 3 is 2.47 bits per heavy atom. The van der Waals surface area contributed by atoms with E-state index in [9.17, 15) is 18.0 Å². The number of carbonyl (C=O) groups is 1. The Morgan fingerprint density at radius 2 is 1.84 bits per heavy atom. The maximum absolute atomic E-state index is 13.6. The summed E-state index contributed by atoms with van der Waals surface area (Å²) in [6.45, 7) is 0.196. The van der Waals surface area contributed by atoms with E-state index in [1.807, 2.05) is 6.07 Å². The van der Waals surface area contributed by atoms with Gasteiger partial charge in [0.25, 0.3) is 5.91 Å². The fraction of sp³-hybridized carbons (Fsp3) is 0.381. The van der Waals surface area contributed by atoms with Crippen LogP contribution < -0.4 is 5.32 Å². The van der Waals surface area contributed by atoms with Crippen LogP contribution >= 0.6 is 22.9 Å². The predicted molar refractivity (Wildman–Crippen MR) is 114 cm³/mol. The molecular weight excluding hydrogens is 463 g/mol. The minimum atomic E-state index is -4.78. The summed E-state index contributed by atoms with van der Waals surface area (Å²) in [5.74, 6) is -0.776. The number of rotatable bonds is 5. The SMILES string of the molecule is O=C(NCC1(c2ccc(Cl)nc2)CCCCC1)c1sc(-c2ncccn2)nc1C(F)(F)F. The molecule has 1 aliphatic rings. The molecule has 3 aromatic heterocycles. The number of pyridine rings is 1. The van der Waals surface area contributed by atoms with Crippen LogP contribution in [0.5, 0.6) is 0 Å². The highest BCUT2D eigenvalue weighted by molar-refractivity contribution is 7.17. The van der Waals surface area contributed by atoms with Crippen LogP contribution in [-0.2, 0) is 11.6 Å². The molecule has 0 bridgehead atoms. The maximum Gasteiger partial charge on any atom is 0.435 e. The summed E-state index contributed by atoms with van der Waals surface area (Å²) in [4.78, 5) is 28.1. The van der Waals surface area contributed by atoms with Crippen molar-refractivity contribution in [1.29, 1.82) is 0 Å². The Balaban J connectivity index is 1.61. The van der Waals surface area contributed by atoms with E-state index in [1.165, 1.54) is 12.4 Å². The van der Waals surface area contributed by atoms with E-state index in [-0.39, 0.29) is 17.4 Å². The van der Waals surface area contributed by atoms with Crippen LogP contribution in [0.25, 0.3) is 10.8 Å². The van der Waals surface area contributed by atoms with Gasteiger partial charge < -0.3 is 5.32 Å². The lowest BCUT2D eigenvalue weighted by atomic mass is 9.70. The van der Waals surface area contributed by atoms with Gasteiger partial charge in [-0.2, -0.15) is 13.2 Å². The first-order chi connectivity index (χ1) is 15.3. The molecule has 4 rings (SSSR count). The average molecular weight is 482 g/mol. The smallest absolute Gasteiger partial charge is 0.350 e. The second-order valence-electron chi connectivity index (χ2n) is 7.66. The second-order valence-corrected chi connectivity index (χ2v) is 9.05. The van der Waals surface area contributed by atoms with E-state index in [4.69, 9.17) is 11.6 Å². The fourth-order valence-corrected chi connectivity index (χ4v) is 5.05. The van der Waals surface area contributed by atoms with Gasteiger partial charge in [-0.05, 0) is 30.5 Å². The van der Waals surface area contributed by atoms with E-state index < -0.39 is 28.1 Å². The van der Waals surface area contributed by atoms with E-state index in [1.54, 1.807) is 18.3 Å². The molecule has 3 heterocycles. The van der Waals surface area contributed by atoms with Gasteiger partial charge in [0.15, 0.2) is 16.5 Å². The Hall–Kier alpha value is -2.59. The van der Waals surface area contributed by atoms with Crippen LogP contribution in [0, 0.1) is 0 Å². The molecule has 0 radical (unpaired) electrons. The van der Waals surface area contributed by atoms with Crippen molar-refractivity contribution in [1.82, 2.24) is 25.3 Å². The maximum atomic E-state index is 13.6. The van der Waals surface area contributed by atoms with E-state index in [0.29, 0.717) is 16.5 Å². The number of amides is 1. The third-order valence-corrected chi connectivity index (χ3v) is 6.87. The number of carbonyl (C=O) groups excluding carboxylic acids is 1. The number of thiazole rings is 1. The summed E-state index contributed by atoms with van der Waals surface area (Å²) in [6.07, 6.45) is 4.31. The Bertz CT molecular complexity index is 1080. The number of nitrogens with zero attached hydrogens (tertiary/aromatic N) is 4. The lowest BCUT2D eigenvalue weighted by molar-refractivity contribution is -0.141. The van der Waals surface area contributed by atoms with Crippen molar-refractivity contribution >= 4 is 28.8 Å². The molecule has 1 saturated carbocycles. The zero-order valence-corrected chi connectivity index (χ0v) is 18.4. The van der Waals surface area contributed by atoms with Gasteiger partial charge in [0.2, 0.25) is 0 Å². The van der Waals surface area contributed by atoms with Crippen molar-refractivity contribution in [3.05, 3.63) is 58.1 Å². The number of hydrogen-bond donors (Lipinski definition) is 1. The number of halogens is 4. The van der Waals surface area contributed by atoms with E-state index >= 15 is 0 Å². The van der Waals surface area contributed by atoms with Crippen molar-refractivity contribution in [3.63, 3.8) is 0 Å². The zero-order chi connectivity index (χ0) is 22.8. The predicted octanol–water partition coefficient (Wildman–Crippen LogP) is 5.30. The number of aromatic nitrogens is 4. The lowest BCUT2D eigenvalue weighted by Crippen LogP contribution is -2.42. The Kier molecular flexibility index (Phi) is 6.43. The second kappa shape index (κ2) is 9.11. The molecule has 3 aromatic rings. The van der Waals surface area contributed by atoms with Crippen LogP contribution in [0.4, 0.5) is 13.2 Å². The third kappa shape index (κ3) is 4.75. The molecule has 32 heavy (non-hydrogen) atoms. The van der Waals surface area contributed by atoms with Gasteiger partial charge in [0.1, 0.15) is 10.0 Å². The first-order valence-electron chi connectivity index (χ1n) is 10.0. The summed E-state index contributed by atoms with van der Waals surface area (Å²) < 4.78 is 40.8. The minimum Gasteiger partial charge on any atom is -0.350 e. The normalized spacial score (nSPS) is 16.0. The van der Waals surface area contributed by atoms with Crippen molar-refractivity contribution in [2.45, 2.75) is 43.7 Å². The van der Waals surface area contributed by atoms with Gasteiger partial charge in [0.05, 0.1) is 0 Å². The quantitative estimate of drug-likeness (QED) is 0.500. The molecule has 0 saturated heterocycles. The van der Waals surface area contributed by atoms with Gasteiger partial charge in [-0.15, -0.1) is 11.3 Å². The van der Waals surface area contributed by atoms with Crippen LogP contribution in [-0.4, -0.2) is 32.4 Å². The van der Waals surface area contributed by atoms with Crippen LogP contribution in [0.2, 0.25) is 5.15 Å². The fourth-order valence-electron chi connectivity index (χ4n) is 3.99. The van der Waals surface area contributed by atoms with Gasteiger partial charge in [-0.25, -0.2) is 19.9 Å².